The van der Waals surface area contributed by atoms with E-state index in [2.05, 4.69) is 6.08 Å². The first kappa shape index (κ1) is 20.8. The molecule has 0 saturated heterocycles. The highest BCUT2D eigenvalue weighted by Gasteiger charge is 2.25. The van der Waals surface area contributed by atoms with Crippen molar-refractivity contribution in [3.63, 3.8) is 0 Å². The Morgan fingerprint density at radius 1 is 0.774 bits per heavy atom. The number of benzene rings is 3. The molecule has 31 heavy (non-hydrogen) atoms. The minimum Gasteiger partial charge on any atom is -0.308 e. The Balaban J connectivity index is 1.91. The van der Waals surface area contributed by atoms with Crippen molar-refractivity contribution >= 4 is 32.6 Å². The van der Waals surface area contributed by atoms with Gasteiger partial charge in [-0.1, -0.05) is 72.8 Å². The van der Waals surface area contributed by atoms with E-state index in [1.165, 1.54) is 6.26 Å². The Morgan fingerprint density at radius 2 is 1.39 bits per heavy atom. The lowest BCUT2D eigenvalue weighted by atomic mass is 9.92. The third-order valence-electron chi connectivity index (χ3n) is 5.26. The van der Waals surface area contributed by atoms with Crippen LogP contribution in [0.5, 0.6) is 0 Å². The zero-order chi connectivity index (χ0) is 21.8. The molecule has 1 heterocycles. The van der Waals surface area contributed by atoms with Crippen LogP contribution in [0.1, 0.15) is 17.5 Å². The molecule has 0 N–H and O–H groups in total. The summed E-state index contributed by atoms with van der Waals surface area (Å²) in [6.45, 7) is 0.579. The predicted octanol–water partition coefficient (Wildman–Crippen LogP) is 4.99. The molecule has 1 aliphatic heterocycles. The van der Waals surface area contributed by atoms with Crippen LogP contribution in [0.2, 0.25) is 0 Å². The second-order valence-electron chi connectivity index (χ2n) is 7.43. The zero-order valence-corrected chi connectivity index (χ0v) is 18.0. The quantitative estimate of drug-likeness (QED) is 0.587. The van der Waals surface area contributed by atoms with Crippen molar-refractivity contribution < 1.29 is 13.2 Å². The van der Waals surface area contributed by atoms with E-state index in [4.69, 9.17) is 0 Å². The van der Waals surface area contributed by atoms with Gasteiger partial charge in [0.15, 0.2) is 9.84 Å². The molecular weight excluding hydrogens is 406 g/mol. The van der Waals surface area contributed by atoms with Gasteiger partial charge in [0.25, 0.3) is 5.91 Å². The average molecular weight is 430 g/mol. The SMILES string of the molecule is CS(=O)(=O)c1ccc(C2=C(\c3ccccc3)C(=O)N(c3ccccc3)CC/C=C\2)cc1. The van der Waals surface area contributed by atoms with Crippen LogP contribution in [0, 0.1) is 0 Å². The van der Waals surface area contributed by atoms with Crippen LogP contribution in [-0.2, 0) is 14.6 Å². The molecule has 3 aromatic rings. The molecule has 4 rings (SSSR count). The fourth-order valence-electron chi connectivity index (χ4n) is 3.70. The molecule has 0 unspecified atom stereocenters. The van der Waals surface area contributed by atoms with E-state index >= 15 is 0 Å². The Hall–Kier alpha value is -3.44. The van der Waals surface area contributed by atoms with Crippen LogP contribution >= 0.6 is 0 Å². The van der Waals surface area contributed by atoms with Crippen LogP contribution in [0.25, 0.3) is 11.1 Å². The molecule has 5 heteroatoms. The first-order chi connectivity index (χ1) is 14.9. The van der Waals surface area contributed by atoms with Crippen LogP contribution < -0.4 is 4.90 Å². The maximum Gasteiger partial charge on any atom is 0.259 e. The molecule has 4 nitrogen and oxygen atoms in total. The van der Waals surface area contributed by atoms with E-state index in [0.29, 0.717) is 18.5 Å². The number of anilines is 1. The molecule has 0 bridgehead atoms. The van der Waals surface area contributed by atoms with Crippen molar-refractivity contribution in [1.82, 2.24) is 0 Å². The molecule has 0 spiro atoms. The Bertz CT molecular complexity index is 1240. The molecule has 0 fully saturated rings. The number of nitrogens with zero attached hydrogens (tertiary/aromatic N) is 1. The van der Waals surface area contributed by atoms with Gasteiger partial charge in [-0.3, -0.25) is 4.79 Å². The van der Waals surface area contributed by atoms with E-state index in [9.17, 15) is 13.2 Å². The minimum atomic E-state index is -3.29. The van der Waals surface area contributed by atoms with Gasteiger partial charge in [0, 0.05) is 18.5 Å². The van der Waals surface area contributed by atoms with E-state index in [-0.39, 0.29) is 10.8 Å². The summed E-state index contributed by atoms with van der Waals surface area (Å²) in [5.74, 6) is -0.0797. The molecular formula is C26H23NO3S. The summed E-state index contributed by atoms with van der Waals surface area (Å²) in [5.41, 5.74) is 3.83. The van der Waals surface area contributed by atoms with Crippen molar-refractivity contribution in [2.24, 2.45) is 0 Å². The summed E-state index contributed by atoms with van der Waals surface area (Å²) in [5, 5.41) is 0. The van der Waals surface area contributed by atoms with Crippen LogP contribution in [0.15, 0.2) is 102 Å². The summed E-state index contributed by atoms with van der Waals surface area (Å²) < 4.78 is 23.7. The van der Waals surface area contributed by atoms with Gasteiger partial charge in [0.2, 0.25) is 0 Å². The van der Waals surface area contributed by atoms with Gasteiger partial charge in [-0.25, -0.2) is 8.42 Å². The lowest BCUT2D eigenvalue weighted by Crippen LogP contribution is -2.33. The Labute approximate surface area is 183 Å². The second-order valence-corrected chi connectivity index (χ2v) is 9.45. The molecule has 0 radical (unpaired) electrons. The highest BCUT2D eigenvalue weighted by molar-refractivity contribution is 7.90. The predicted molar refractivity (Wildman–Crippen MR) is 125 cm³/mol. The van der Waals surface area contributed by atoms with E-state index in [0.717, 1.165) is 22.4 Å². The molecule has 0 atom stereocenters. The molecule has 1 amide bonds. The summed E-state index contributed by atoms with van der Waals surface area (Å²) in [6, 6.07) is 26.0. The van der Waals surface area contributed by atoms with Crippen molar-refractivity contribution in [3.05, 3.63) is 108 Å². The van der Waals surface area contributed by atoms with Gasteiger partial charge >= 0.3 is 0 Å². The number of carbonyl (C=O) groups is 1. The number of carbonyl (C=O) groups excluding carboxylic acids is 1. The third kappa shape index (κ3) is 4.52. The molecule has 156 valence electrons. The third-order valence-corrected chi connectivity index (χ3v) is 6.38. The van der Waals surface area contributed by atoms with Gasteiger partial charge in [-0.15, -0.1) is 0 Å². The summed E-state index contributed by atoms with van der Waals surface area (Å²) in [7, 11) is -3.29. The van der Waals surface area contributed by atoms with Gasteiger partial charge in [0.1, 0.15) is 0 Å². The smallest absolute Gasteiger partial charge is 0.259 e. The standard InChI is InChI=1S/C26H23NO3S/c1-31(29,30)23-17-15-20(16-18-23)24-14-8-9-19-27(22-12-6-3-7-13-22)26(28)25(24)21-10-4-2-5-11-21/h2-8,10-18H,9,19H2,1H3/b14-8-,25-24+. The van der Waals surface area contributed by atoms with Gasteiger partial charge in [0.05, 0.1) is 10.5 Å². The van der Waals surface area contributed by atoms with Gasteiger partial charge < -0.3 is 4.90 Å². The zero-order valence-electron chi connectivity index (χ0n) is 17.2. The van der Waals surface area contributed by atoms with Gasteiger partial charge in [-0.2, -0.15) is 0 Å². The maximum atomic E-state index is 13.8. The lowest BCUT2D eigenvalue weighted by Gasteiger charge is -2.27. The number of rotatable bonds is 4. The largest absolute Gasteiger partial charge is 0.308 e. The lowest BCUT2D eigenvalue weighted by molar-refractivity contribution is -0.113. The highest BCUT2D eigenvalue weighted by atomic mass is 32.2. The van der Waals surface area contributed by atoms with Crippen molar-refractivity contribution in [2.75, 3.05) is 17.7 Å². The van der Waals surface area contributed by atoms with Gasteiger partial charge in [-0.05, 0) is 47.4 Å². The fraction of sp³-hybridized carbons (Fsp3) is 0.115. The van der Waals surface area contributed by atoms with Crippen molar-refractivity contribution in [3.8, 4) is 0 Å². The van der Waals surface area contributed by atoms with Crippen molar-refractivity contribution in [1.29, 1.82) is 0 Å². The van der Waals surface area contributed by atoms with Crippen LogP contribution in [0.3, 0.4) is 0 Å². The van der Waals surface area contributed by atoms with E-state index in [1.54, 1.807) is 29.2 Å². The first-order valence-corrected chi connectivity index (χ1v) is 12.0. The molecule has 3 aromatic carbocycles. The summed E-state index contributed by atoms with van der Waals surface area (Å²) in [6.07, 6.45) is 5.93. The number of hydrogen-bond acceptors (Lipinski definition) is 3. The second kappa shape index (κ2) is 8.74. The van der Waals surface area contributed by atoms with E-state index in [1.807, 2.05) is 66.7 Å². The Kier molecular flexibility index (Phi) is 5.87. The van der Waals surface area contributed by atoms with E-state index < -0.39 is 9.84 Å². The summed E-state index contributed by atoms with van der Waals surface area (Å²) in [4.78, 5) is 15.9. The first-order valence-electron chi connectivity index (χ1n) is 10.1. The minimum absolute atomic E-state index is 0.0797. The molecule has 1 aliphatic rings. The van der Waals surface area contributed by atoms with Crippen molar-refractivity contribution in [2.45, 2.75) is 11.3 Å². The highest BCUT2D eigenvalue weighted by Crippen LogP contribution is 2.33. The number of allylic oxidation sites excluding steroid dienone is 2. The topological polar surface area (TPSA) is 54.5 Å². The molecule has 0 saturated carbocycles. The number of para-hydroxylation sites is 1. The number of sulfone groups is 1. The molecule has 0 aliphatic carbocycles. The number of amides is 1. The number of hydrogen-bond donors (Lipinski definition) is 0. The summed E-state index contributed by atoms with van der Waals surface area (Å²) >= 11 is 0. The van der Waals surface area contributed by atoms with Crippen LogP contribution in [-0.4, -0.2) is 27.1 Å². The average Bonchev–Trinajstić information content (AvgIpc) is 2.77. The normalized spacial score (nSPS) is 18.4. The fourth-order valence-corrected chi connectivity index (χ4v) is 4.33. The molecule has 0 aromatic heterocycles. The van der Waals surface area contributed by atoms with Crippen LogP contribution in [0.4, 0.5) is 5.69 Å². The Morgan fingerprint density at radius 3 is 2.00 bits per heavy atom. The maximum absolute atomic E-state index is 13.8. The monoisotopic (exact) mass is 429 g/mol.